The minimum Gasteiger partial charge on any atom is -0.274 e. The Hall–Kier alpha value is -1.91. The fourth-order valence-electron chi connectivity index (χ4n) is 1.79. The Morgan fingerprint density at radius 3 is 2.50 bits per heavy atom. The Morgan fingerprint density at radius 2 is 2.00 bits per heavy atom. The van der Waals surface area contributed by atoms with Crippen molar-refractivity contribution >= 4 is 41.0 Å². The van der Waals surface area contributed by atoms with Crippen LogP contribution in [0.3, 0.4) is 0 Å². The average molecular weight is 262 g/mol. The minimum atomic E-state index is -0.301. The van der Waals surface area contributed by atoms with Crippen molar-refractivity contribution in [2.24, 2.45) is 4.99 Å². The number of aliphatic imine (C=N–C) groups is 1. The van der Waals surface area contributed by atoms with Crippen molar-refractivity contribution < 1.29 is 14.4 Å². The van der Waals surface area contributed by atoms with Crippen LogP contribution >= 0.6 is 11.8 Å². The minimum absolute atomic E-state index is 0.195. The highest BCUT2D eigenvalue weighted by molar-refractivity contribution is 8.00. The normalized spacial score (nSPS) is 18.9. The number of imide groups is 1. The quantitative estimate of drug-likeness (QED) is 0.472. The van der Waals surface area contributed by atoms with E-state index >= 15 is 0 Å². The van der Waals surface area contributed by atoms with Crippen LogP contribution < -0.4 is 4.90 Å². The largest absolute Gasteiger partial charge is 0.274 e. The van der Waals surface area contributed by atoms with Crippen molar-refractivity contribution in [3.05, 3.63) is 24.3 Å². The summed E-state index contributed by atoms with van der Waals surface area (Å²) in [4.78, 5) is 38.4. The topological polar surface area (TPSA) is 66.8 Å². The second-order valence-electron chi connectivity index (χ2n) is 3.72. The highest BCUT2D eigenvalue weighted by Gasteiger charge is 2.38. The van der Waals surface area contributed by atoms with Gasteiger partial charge in [-0.2, -0.15) is 16.8 Å². The van der Waals surface area contributed by atoms with E-state index in [2.05, 4.69) is 4.99 Å². The number of benzene rings is 1. The predicted molar refractivity (Wildman–Crippen MR) is 68.6 cm³/mol. The Labute approximate surface area is 108 Å². The molecule has 18 heavy (non-hydrogen) atoms. The molecule has 1 aliphatic heterocycles. The summed E-state index contributed by atoms with van der Waals surface area (Å²) in [7, 11) is 0. The highest BCUT2D eigenvalue weighted by Crippen LogP contribution is 2.29. The third-order valence-electron chi connectivity index (χ3n) is 2.67. The predicted octanol–water partition coefficient (Wildman–Crippen LogP) is 1.65. The van der Waals surface area contributed by atoms with Crippen molar-refractivity contribution in [3.63, 3.8) is 0 Å². The lowest BCUT2D eigenvalue weighted by Crippen LogP contribution is -2.30. The molecule has 1 heterocycles. The fraction of sp³-hybridized carbons (Fsp3) is 0.250. The van der Waals surface area contributed by atoms with E-state index in [1.165, 1.54) is 22.7 Å². The van der Waals surface area contributed by atoms with Crippen molar-refractivity contribution in [2.75, 3.05) is 11.2 Å². The zero-order chi connectivity index (χ0) is 13.1. The molecule has 1 saturated heterocycles. The van der Waals surface area contributed by atoms with Gasteiger partial charge in [0.15, 0.2) is 0 Å². The van der Waals surface area contributed by atoms with Gasteiger partial charge in [-0.05, 0) is 30.5 Å². The van der Waals surface area contributed by atoms with Gasteiger partial charge in [-0.3, -0.25) is 9.59 Å². The van der Waals surface area contributed by atoms with Gasteiger partial charge in [-0.15, -0.1) is 0 Å². The van der Waals surface area contributed by atoms with Crippen LogP contribution in [-0.2, 0) is 14.4 Å². The molecule has 0 saturated carbocycles. The molecule has 2 amide bonds. The second kappa shape index (κ2) is 5.16. The van der Waals surface area contributed by atoms with Gasteiger partial charge in [0.05, 0.1) is 16.6 Å². The number of amides is 2. The smallest absolute Gasteiger partial charge is 0.247 e. The third-order valence-corrected chi connectivity index (χ3v) is 3.61. The summed E-state index contributed by atoms with van der Waals surface area (Å²) in [5.74, 6) is -0.398. The van der Waals surface area contributed by atoms with Crippen molar-refractivity contribution in [2.45, 2.75) is 11.7 Å². The molecule has 1 atom stereocenters. The first kappa shape index (κ1) is 12.5. The average Bonchev–Trinajstić information content (AvgIpc) is 2.66. The van der Waals surface area contributed by atoms with E-state index in [-0.39, 0.29) is 23.5 Å². The van der Waals surface area contributed by atoms with Crippen molar-refractivity contribution in [1.29, 1.82) is 0 Å². The van der Waals surface area contributed by atoms with Crippen LogP contribution in [0.15, 0.2) is 29.3 Å². The number of nitrogens with zero attached hydrogens (tertiary/aromatic N) is 2. The summed E-state index contributed by atoms with van der Waals surface area (Å²) in [6.07, 6.45) is 3.47. The summed E-state index contributed by atoms with van der Waals surface area (Å²) in [6, 6.07) is 6.31. The number of rotatable bonds is 3. The lowest BCUT2D eigenvalue weighted by atomic mass is 10.2. The summed E-state index contributed by atoms with van der Waals surface area (Å²) in [5, 5.41) is -0.301. The molecule has 1 aromatic rings. The maximum atomic E-state index is 12.0. The molecule has 2 rings (SSSR count). The first-order chi connectivity index (χ1) is 8.67. The van der Waals surface area contributed by atoms with E-state index in [4.69, 9.17) is 0 Å². The summed E-state index contributed by atoms with van der Waals surface area (Å²) >= 11 is 1.37. The van der Waals surface area contributed by atoms with Crippen LogP contribution in [0.2, 0.25) is 0 Å². The Balaban J connectivity index is 2.29. The maximum Gasteiger partial charge on any atom is 0.247 e. The van der Waals surface area contributed by atoms with Crippen molar-refractivity contribution in [1.82, 2.24) is 0 Å². The third kappa shape index (κ3) is 2.20. The highest BCUT2D eigenvalue weighted by atomic mass is 32.2. The van der Waals surface area contributed by atoms with E-state index < -0.39 is 0 Å². The number of hydrogen-bond donors (Lipinski definition) is 0. The Kier molecular flexibility index (Phi) is 3.60. The number of carbonyl (C=O) groups is 2. The van der Waals surface area contributed by atoms with Crippen LogP contribution in [0.4, 0.5) is 11.4 Å². The van der Waals surface area contributed by atoms with Gasteiger partial charge in [0.1, 0.15) is 0 Å². The van der Waals surface area contributed by atoms with E-state index in [0.29, 0.717) is 11.4 Å². The van der Waals surface area contributed by atoms with Gasteiger partial charge in [0.25, 0.3) is 0 Å². The van der Waals surface area contributed by atoms with Gasteiger partial charge < -0.3 is 0 Å². The van der Waals surface area contributed by atoms with Crippen LogP contribution in [0, 0.1) is 0 Å². The molecule has 1 aliphatic rings. The zero-order valence-corrected chi connectivity index (χ0v) is 10.4. The summed E-state index contributed by atoms with van der Waals surface area (Å²) < 4.78 is 0. The Morgan fingerprint density at radius 1 is 1.33 bits per heavy atom. The molecule has 0 aliphatic carbocycles. The molecule has 0 radical (unpaired) electrons. The van der Waals surface area contributed by atoms with Gasteiger partial charge in [-0.1, -0.05) is 0 Å². The Bertz CT molecular complexity index is 535. The van der Waals surface area contributed by atoms with Crippen LogP contribution in [-0.4, -0.2) is 29.4 Å². The lowest BCUT2D eigenvalue weighted by molar-refractivity contribution is -0.121. The molecule has 1 unspecified atom stereocenters. The molecule has 6 heteroatoms. The summed E-state index contributed by atoms with van der Waals surface area (Å²) in [5.41, 5.74) is 0.945. The van der Waals surface area contributed by atoms with Gasteiger partial charge in [0.2, 0.25) is 17.9 Å². The number of isocyanates is 1. The van der Waals surface area contributed by atoms with Crippen LogP contribution in [0.5, 0.6) is 0 Å². The summed E-state index contributed by atoms with van der Waals surface area (Å²) in [6.45, 7) is 0. The van der Waals surface area contributed by atoms with E-state index in [1.807, 2.05) is 0 Å². The van der Waals surface area contributed by atoms with E-state index in [9.17, 15) is 14.4 Å². The fourth-order valence-corrected chi connectivity index (χ4v) is 2.40. The molecule has 92 valence electrons. The first-order valence-electron chi connectivity index (χ1n) is 5.25. The molecule has 0 aromatic heterocycles. The van der Waals surface area contributed by atoms with Crippen LogP contribution in [0.1, 0.15) is 6.42 Å². The van der Waals surface area contributed by atoms with Crippen molar-refractivity contribution in [3.8, 4) is 0 Å². The SMILES string of the molecule is CSC1CC(=O)N(c2ccc(N=C=O)cc2)C1=O. The first-order valence-corrected chi connectivity index (χ1v) is 6.53. The number of hydrogen-bond acceptors (Lipinski definition) is 5. The standard InChI is InChI=1S/C12H10N2O3S/c1-18-10-6-11(16)14(12(10)17)9-4-2-8(3-5-9)13-7-15/h2-5,10H,6H2,1H3. The molecule has 5 nitrogen and oxygen atoms in total. The second-order valence-corrected chi connectivity index (χ2v) is 4.76. The zero-order valence-electron chi connectivity index (χ0n) is 9.62. The molecule has 1 aromatic carbocycles. The van der Waals surface area contributed by atoms with Gasteiger partial charge in [-0.25, -0.2) is 9.69 Å². The van der Waals surface area contributed by atoms with Gasteiger partial charge in [0, 0.05) is 6.42 Å². The monoisotopic (exact) mass is 262 g/mol. The number of carbonyl (C=O) groups excluding carboxylic acids is 3. The lowest BCUT2D eigenvalue weighted by Gasteiger charge is -2.14. The molecular formula is C12H10N2O3S. The molecule has 0 bridgehead atoms. The van der Waals surface area contributed by atoms with Gasteiger partial charge >= 0.3 is 0 Å². The van der Waals surface area contributed by atoms with Crippen LogP contribution in [0.25, 0.3) is 0 Å². The van der Waals surface area contributed by atoms with E-state index in [1.54, 1.807) is 30.5 Å². The number of thioether (sulfide) groups is 1. The van der Waals surface area contributed by atoms with E-state index in [0.717, 1.165) is 0 Å². The number of anilines is 1. The maximum absolute atomic E-state index is 12.0. The molecule has 0 spiro atoms. The molecule has 1 fully saturated rings. The molecular weight excluding hydrogens is 252 g/mol. The molecule has 0 N–H and O–H groups in total.